The smallest absolute Gasteiger partial charge is 0.103 e. The molecule has 1 fully saturated rings. The third-order valence-corrected chi connectivity index (χ3v) is 5.19. The Morgan fingerprint density at radius 2 is 1.83 bits per heavy atom. The molecule has 0 aliphatic heterocycles. The van der Waals surface area contributed by atoms with Gasteiger partial charge in [0.15, 0.2) is 0 Å². The minimum Gasteiger partial charge on any atom is -0.395 e. The van der Waals surface area contributed by atoms with Gasteiger partial charge < -0.3 is 10.2 Å². The van der Waals surface area contributed by atoms with E-state index in [1.807, 2.05) is 30.3 Å². The fourth-order valence-corrected chi connectivity index (χ4v) is 3.62. The fourth-order valence-electron chi connectivity index (χ4n) is 3.62. The van der Waals surface area contributed by atoms with E-state index in [0.29, 0.717) is 31.5 Å². The van der Waals surface area contributed by atoms with Gasteiger partial charge in [0, 0.05) is 19.0 Å². The van der Waals surface area contributed by atoms with Crippen molar-refractivity contribution in [2.75, 3.05) is 19.7 Å². The van der Waals surface area contributed by atoms with E-state index in [9.17, 15) is 5.11 Å². The summed E-state index contributed by atoms with van der Waals surface area (Å²) in [6.45, 7) is 5.63. The quantitative estimate of drug-likeness (QED) is 0.755. The molecule has 1 atom stereocenters. The second kappa shape index (κ2) is 9.22. The molecule has 1 aromatic rings. The van der Waals surface area contributed by atoms with Crippen LogP contribution >= 0.6 is 0 Å². The molecule has 0 heterocycles. The van der Waals surface area contributed by atoms with Crippen LogP contribution in [0.1, 0.15) is 51.5 Å². The van der Waals surface area contributed by atoms with Crippen LogP contribution in [-0.2, 0) is 5.60 Å². The molecule has 0 radical (unpaired) electrons. The zero-order valence-corrected chi connectivity index (χ0v) is 15.0. The minimum absolute atomic E-state index is 0.149. The van der Waals surface area contributed by atoms with Crippen molar-refractivity contribution in [3.8, 4) is 11.8 Å². The number of hydrogen-bond donors (Lipinski definition) is 2. The summed E-state index contributed by atoms with van der Waals surface area (Å²) < 4.78 is 0. The molecule has 1 saturated carbocycles. The molecule has 1 aliphatic rings. The Balaban J connectivity index is 2.08. The third-order valence-electron chi connectivity index (χ3n) is 5.19. The Hall–Kier alpha value is -1.34. The van der Waals surface area contributed by atoms with Crippen LogP contribution < -0.4 is 0 Å². The van der Waals surface area contributed by atoms with Crippen molar-refractivity contribution in [3.63, 3.8) is 0 Å². The molecule has 1 aromatic carbocycles. The normalized spacial score (nSPS) is 17.8. The van der Waals surface area contributed by atoms with E-state index in [-0.39, 0.29) is 6.61 Å². The van der Waals surface area contributed by atoms with Crippen LogP contribution in [0.5, 0.6) is 0 Å². The molecule has 0 unspecified atom stereocenters. The average Bonchev–Trinajstić information content (AvgIpc) is 3.13. The van der Waals surface area contributed by atoms with Crippen LogP contribution in [0, 0.1) is 17.8 Å². The molecule has 132 valence electrons. The van der Waals surface area contributed by atoms with Crippen LogP contribution in [0.4, 0.5) is 0 Å². The minimum atomic E-state index is -0.843. The summed E-state index contributed by atoms with van der Waals surface area (Å²) in [5.41, 5.74) is 0.145. The van der Waals surface area contributed by atoms with Crippen molar-refractivity contribution >= 4 is 0 Å². The van der Waals surface area contributed by atoms with Gasteiger partial charge in [0.2, 0.25) is 0 Å². The summed E-state index contributed by atoms with van der Waals surface area (Å²) in [5.74, 6) is 6.73. The lowest BCUT2D eigenvalue weighted by molar-refractivity contribution is -0.0173. The first-order valence-corrected chi connectivity index (χ1v) is 9.16. The lowest BCUT2D eigenvalue weighted by Gasteiger charge is -2.33. The molecule has 1 aliphatic carbocycles. The molecular weight excluding hydrogens is 298 g/mol. The molecule has 0 bridgehead atoms. The van der Waals surface area contributed by atoms with Crippen molar-refractivity contribution in [2.24, 2.45) is 5.92 Å². The number of nitrogens with zero attached hydrogens (tertiary/aromatic N) is 1. The maximum absolute atomic E-state index is 11.4. The van der Waals surface area contributed by atoms with Crippen molar-refractivity contribution in [3.05, 3.63) is 35.9 Å². The van der Waals surface area contributed by atoms with E-state index in [1.54, 1.807) is 0 Å². The van der Waals surface area contributed by atoms with Gasteiger partial charge in [-0.25, -0.2) is 0 Å². The molecule has 3 heteroatoms. The molecule has 0 saturated heterocycles. The summed E-state index contributed by atoms with van der Waals surface area (Å²) in [6, 6.07) is 10.4. The molecule has 24 heavy (non-hydrogen) atoms. The van der Waals surface area contributed by atoms with Gasteiger partial charge in [-0.2, -0.15) is 0 Å². The lowest BCUT2D eigenvalue weighted by atomic mass is 9.78. The fraction of sp³-hybridized carbons (Fsp3) is 0.619. The first-order valence-electron chi connectivity index (χ1n) is 9.16. The van der Waals surface area contributed by atoms with Crippen molar-refractivity contribution in [1.29, 1.82) is 0 Å². The largest absolute Gasteiger partial charge is 0.395 e. The van der Waals surface area contributed by atoms with Gasteiger partial charge in [0.25, 0.3) is 0 Å². The predicted octanol–water partition coefficient (Wildman–Crippen LogP) is 3.16. The number of aliphatic hydroxyl groups excluding tert-OH is 1. The molecule has 3 nitrogen and oxygen atoms in total. The SMILES string of the molecule is CC(C)N(CC#CC[C@](O)(c1ccccc1)C1CCCC1)CCO. The second-order valence-electron chi connectivity index (χ2n) is 7.09. The number of aliphatic hydroxyl groups is 2. The molecule has 2 N–H and O–H groups in total. The van der Waals surface area contributed by atoms with E-state index >= 15 is 0 Å². The van der Waals surface area contributed by atoms with Crippen LogP contribution in [-0.4, -0.2) is 40.9 Å². The highest BCUT2D eigenvalue weighted by Gasteiger charge is 2.39. The predicted molar refractivity (Wildman–Crippen MR) is 98.5 cm³/mol. The molecule has 0 aromatic heterocycles. The van der Waals surface area contributed by atoms with Gasteiger partial charge in [-0.3, -0.25) is 4.90 Å². The molecule has 0 amide bonds. The Morgan fingerprint density at radius 3 is 2.42 bits per heavy atom. The van der Waals surface area contributed by atoms with Gasteiger partial charge in [0.1, 0.15) is 5.60 Å². The van der Waals surface area contributed by atoms with Crippen molar-refractivity contribution in [2.45, 2.75) is 57.6 Å². The van der Waals surface area contributed by atoms with Gasteiger partial charge >= 0.3 is 0 Å². The first-order chi connectivity index (χ1) is 11.6. The lowest BCUT2D eigenvalue weighted by Crippen LogP contribution is -2.34. The first kappa shape index (κ1) is 19.0. The van der Waals surface area contributed by atoms with E-state index in [0.717, 1.165) is 18.4 Å². The standard InChI is InChI=1S/C21H31NO2/c1-18(2)22(16-17-23)15-9-8-14-21(24,20-12-6-7-13-20)19-10-4-3-5-11-19/h3-5,10-11,18,20,23-24H,6-7,12-17H2,1-2H3/t21-/m0/s1. The molecule has 2 rings (SSSR count). The van der Waals surface area contributed by atoms with Crippen LogP contribution in [0.3, 0.4) is 0 Å². The molecule has 0 spiro atoms. The third kappa shape index (κ3) is 4.83. The summed E-state index contributed by atoms with van der Waals surface area (Å²) in [4.78, 5) is 2.14. The van der Waals surface area contributed by atoms with E-state index < -0.39 is 5.60 Å². The highest BCUT2D eigenvalue weighted by Crippen LogP contribution is 2.42. The maximum atomic E-state index is 11.4. The van der Waals surface area contributed by atoms with E-state index in [4.69, 9.17) is 5.11 Å². The highest BCUT2D eigenvalue weighted by molar-refractivity contribution is 5.26. The number of benzene rings is 1. The topological polar surface area (TPSA) is 43.7 Å². The Bertz CT molecular complexity index is 540. The highest BCUT2D eigenvalue weighted by atomic mass is 16.3. The monoisotopic (exact) mass is 329 g/mol. The van der Waals surface area contributed by atoms with Crippen LogP contribution in [0.15, 0.2) is 30.3 Å². The average molecular weight is 329 g/mol. The maximum Gasteiger partial charge on any atom is 0.103 e. The summed E-state index contributed by atoms with van der Waals surface area (Å²) in [6.07, 6.45) is 5.04. The molecular formula is C21H31NO2. The van der Waals surface area contributed by atoms with Crippen molar-refractivity contribution in [1.82, 2.24) is 4.90 Å². The van der Waals surface area contributed by atoms with Gasteiger partial charge in [-0.1, -0.05) is 55.0 Å². The zero-order valence-electron chi connectivity index (χ0n) is 15.0. The Kier molecular flexibility index (Phi) is 7.30. The Labute approximate surface area is 146 Å². The van der Waals surface area contributed by atoms with E-state index in [1.165, 1.54) is 12.8 Å². The van der Waals surface area contributed by atoms with Gasteiger partial charge in [-0.15, -0.1) is 0 Å². The summed E-state index contributed by atoms with van der Waals surface area (Å²) in [7, 11) is 0. The number of hydrogen-bond acceptors (Lipinski definition) is 3. The van der Waals surface area contributed by atoms with Gasteiger partial charge in [0.05, 0.1) is 13.2 Å². The van der Waals surface area contributed by atoms with E-state index in [2.05, 4.69) is 30.6 Å². The Morgan fingerprint density at radius 1 is 1.17 bits per heavy atom. The zero-order chi connectivity index (χ0) is 17.4. The van der Waals surface area contributed by atoms with Crippen LogP contribution in [0.25, 0.3) is 0 Å². The second-order valence-corrected chi connectivity index (χ2v) is 7.09. The summed E-state index contributed by atoms with van der Waals surface area (Å²) >= 11 is 0. The van der Waals surface area contributed by atoms with Crippen molar-refractivity contribution < 1.29 is 10.2 Å². The summed E-state index contributed by atoms with van der Waals surface area (Å²) in [5, 5.41) is 20.5. The van der Waals surface area contributed by atoms with Gasteiger partial charge in [-0.05, 0) is 38.2 Å². The van der Waals surface area contributed by atoms with Crippen LogP contribution in [0.2, 0.25) is 0 Å². The number of rotatable bonds is 7.